The molecule has 3 aliphatic rings. The van der Waals surface area contributed by atoms with Crippen LogP contribution in [0.15, 0.2) is 91.0 Å². The standard InChI is InChI=1S/C57H69BN2S/c1-17-55(11,12)37-21-27-48-41(30-37)50-51(61-48)58-44-26-20-36(53(5,6)7)31-45(44)59(40-24-25-42-43(34-40)57(15,16)29-28-56(42,13)14)46-32-38(54(8,9)10)33-47(49(46)58)60(50)39-22-18-35(19-23-39)52(2,3)4/h18-27,30-34H,17,28-29H2,1-16H3. The van der Waals surface area contributed by atoms with Gasteiger partial charge in [0.25, 0.3) is 6.71 Å². The van der Waals surface area contributed by atoms with E-state index in [0.29, 0.717) is 0 Å². The predicted octanol–water partition coefficient (Wildman–Crippen LogP) is 14.9. The second kappa shape index (κ2) is 13.6. The molecular weight excluding hydrogens is 756 g/mol. The number of hydrogen-bond donors (Lipinski definition) is 0. The lowest BCUT2D eigenvalue weighted by Crippen LogP contribution is -2.60. The van der Waals surface area contributed by atoms with Crippen LogP contribution in [-0.4, -0.2) is 6.71 Å². The first-order valence-corrected chi connectivity index (χ1v) is 23.9. The van der Waals surface area contributed by atoms with Gasteiger partial charge in [-0.05, 0) is 151 Å². The predicted molar refractivity (Wildman–Crippen MR) is 271 cm³/mol. The van der Waals surface area contributed by atoms with Gasteiger partial charge >= 0.3 is 0 Å². The minimum atomic E-state index is -0.0842. The van der Waals surface area contributed by atoms with Crippen molar-refractivity contribution in [1.29, 1.82) is 0 Å². The number of rotatable bonds is 4. The summed E-state index contributed by atoms with van der Waals surface area (Å²) in [5.41, 5.74) is 19.3. The normalized spacial score (nSPS) is 17.0. The number of benzene rings is 5. The average Bonchev–Trinajstić information content (AvgIpc) is 3.56. The van der Waals surface area contributed by atoms with Crippen molar-refractivity contribution >= 4 is 78.0 Å². The van der Waals surface area contributed by atoms with Crippen LogP contribution in [0.25, 0.3) is 10.1 Å². The summed E-state index contributed by atoms with van der Waals surface area (Å²) < 4.78 is 2.80. The average molecular weight is 825 g/mol. The molecule has 0 saturated carbocycles. The van der Waals surface area contributed by atoms with E-state index in [9.17, 15) is 0 Å². The highest BCUT2D eigenvalue weighted by Crippen LogP contribution is 2.52. The molecule has 0 N–H and O–H groups in total. The van der Waals surface area contributed by atoms with Crippen LogP contribution in [0.5, 0.6) is 0 Å². The fourth-order valence-corrected chi connectivity index (χ4v) is 11.7. The van der Waals surface area contributed by atoms with Crippen LogP contribution in [0.1, 0.15) is 163 Å². The number of thiophene rings is 1. The Hall–Kier alpha value is -4.28. The molecule has 5 aromatic carbocycles. The van der Waals surface area contributed by atoms with E-state index in [2.05, 4.69) is 212 Å². The van der Waals surface area contributed by atoms with Gasteiger partial charge in [0, 0.05) is 43.3 Å². The molecule has 4 heteroatoms. The maximum atomic E-state index is 2.67. The molecule has 1 aromatic heterocycles. The number of nitrogens with zero attached hydrogens (tertiary/aromatic N) is 2. The Labute approximate surface area is 372 Å². The summed E-state index contributed by atoms with van der Waals surface area (Å²) in [6, 6.07) is 37.0. The summed E-state index contributed by atoms with van der Waals surface area (Å²) in [6.45, 7) is 38.2. The van der Waals surface area contributed by atoms with Crippen LogP contribution >= 0.6 is 11.3 Å². The van der Waals surface area contributed by atoms with Gasteiger partial charge in [0.15, 0.2) is 0 Å². The van der Waals surface area contributed by atoms with Crippen molar-refractivity contribution in [3.05, 3.63) is 124 Å². The highest BCUT2D eigenvalue weighted by atomic mass is 32.1. The third-order valence-corrected chi connectivity index (χ3v) is 16.4. The Kier molecular flexibility index (Phi) is 9.38. The van der Waals surface area contributed by atoms with E-state index in [1.165, 1.54) is 106 Å². The lowest BCUT2D eigenvalue weighted by atomic mass is 9.36. The monoisotopic (exact) mass is 825 g/mol. The van der Waals surface area contributed by atoms with Gasteiger partial charge in [-0.1, -0.05) is 147 Å². The van der Waals surface area contributed by atoms with E-state index < -0.39 is 0 Å². The van der Waals surface area contributed by atoms with Gasteiger partial charge in [0.2, 0.25) is 0 Å². The second-order valence-electron chi connectivity index (χ2n) is 23.9. The summed E-state index contributed by atoms with van der Waals surface area (Å²) in [5, 5.41) is 1.36. The van der Waals surface area contributed by atoms with Crippen molar-refractivity contribution in [3.63, 3.8) is 0 Å². The molecule has 0 spiro atoms. The molecule has 0 radical (unpaired) electrons. The molecule has 0 bridgehead atoms. The first-order valence-electron chi connectivity index (χ1n) is 23.1. The molecule has 0 atom stereocenters. The minimum absolute atomic E-state index is 0.00486. The zero-order valence-corrected chi connectivity index (χ0v) is 41.0. The Morgan fingerprint density at radius 2 is 1.08 bits per heavy atom. The minimum Gasteiger partial charge on any atom is -0.311 e. The smallest absolute Gasteiger partial charge is 0.264 e. The van der Waals surface area contributed by atoms with E-state index >= 15 is 0 Å². The van der Waals surface area contributed by atoms with E-state index in [4.69, 9.17) is 0 Å². The molecule has 0 saturated heterocycles. The molecule has 2 nitrogen and oxygen atoms in total. The third-order valence-electron chi connectivity index (χ3n) is 15.1. The first kappa shape index (κ1) is 42.0. The fourth-order valence-electron chi connectivity index (χ4n) is 10.4. The first-order chi connectivity index (χ1) is 28.3. The van der Waals surface area contributed by atoms with Gasteiger partial charge < -0.3 is 9.80 Å². The van der Waals surface area contributed by atoms with Crippen LogP contribution in [0.4, 0.5) is 34.1 Å². The van der Waals surface area contributed by atoms with Crippen molar-refractivity contribution in [2.45, 2.75) is 163 Å². The highest BCUT2D eigenvalue weighted by molar-refractivity contribution is 7.33. The van der Waals surface area contributed by atoms with Gasteiger partial charge in [0.05, 0.1) is 5.69 Å². The van der Waals surface area contributed by atoms with Crippen LogP contribution in [0.3, 0.4) is 0 Å². The van der Waals surface area contributed by atoms with Crippen LogP contribution in [0.2, 0.25) is 0 Å². The van der Waals surface area contributed by atoms with Crippen LogP contribution in [0, 0.1) is 0 Å². The maximum Gasteiger partial charge on any atom is 0.264 e. The Morgan fingerprint density at radius 3 is 1.69 bits per heavy atom. The zero-order chi connectivity index (χ0) is 44.0. The van der Waals surface area contributed by atoms with E-state index in [1.807, 2.05) is 11.3 Å². The van der Waals surface area contributed by atoms with Gasteiger partial charge in [0.1, 0.15) is 0 Å². The molecule has 0 fully saturated rings. The summed E-state index contributed by atoms with van der Waals surface area (Å²) >= 11 is 2.01. The van der Waals surface area contributed by atoms with Crippen molar-refractivity contribution in [2.24, 2.45) is 0 Å². The highest BCUT2D eigenvalue weighted by Gasteiger charge is 2.47. The second-order valence-corrected chi connectivity index (χ2v) is 24.9. The van der Waals surface area contributed by atoms with Gasteiger partial charge in [-0.15, -0.1) is 11.3 Å². The van der Waals surface area contributed by atoms with Crippen LogP contribution < -0.4 is 25.5 Å². The number of anilines is 6. The van der Waals surface area contributed by atoms with E-state index in [1.54, 1.807) is 0 Å². The van der Waals surface area contributed by atoms with Crippen molar-refractivity contribution < 1.29 is 0 Å². The van der Waals surface area contributed by atoms with Crippen molar-refractivity contribution in [2.75, 3.05) is 9.80 Å². The molecule has 0 unspecified atom stereocenters. The fraction of sp³-hybridized carbons (Fsp3) is 0.439. The molecule has 6 aromatic rings. The molecule has 3 heterocycles. The Bertz CT molecular complexity index is 2720. The topological polar surface area (TPSA) is 6.48 Å². The summed E-state index contributed by atoms with van der Waals surface area (Å²) in [4.78, 5) is 5.34. The molecule has 61 heavy (non-hydrogen) atoms. The van der Waals surface area contributed by atoms with Gasteiger partial charge in [-0.25, -0.2) is 0 Å². The van der Waals surface area contributed by atoms with Crippen LogP contribution in [-0.2, 0) is 32.5 Å². The molecular formula is C57H69BN2S. The summed E-state index contributed by atoms with van der Waals surface area (Å²) in [6.07, 6.45) is 3.48. The largest absolute Gasteiger partial charge is 0.311 e. The number of hydrogen-bond acceptors (Lipinski definition) is 3. The molecule has 2 aliphatic heterocycles. The molecule has 0 amide bonds. The lowest BCUT2D eigenvalue weighted by Gasteiger charge is -2.46. The SMILES string of the molecule is CCC(C)(C)c1ccc2sc3c(c2c1)N(c1ccc(C(C)(C)C)cc1)c1cc(C(C)(C)C)cc2c1B3c1ccc(C(C)(C)C)cc1N2c1ccc2c(c1)C(C)(C)CCC2(C)C. The van der Waals surface area contributed by atoms with E-state index in [0.717, 1.165) is 6.42 Å². The van der Waals surface area contributed by atoms with E-state index in [-0.39, 0.29) is 39.2 Å². The maximum absolute atomic E-state index is 2.67. The summed E-state index contributed by atoms with van der Waals surface area (Å²) in [7, 11) is 0. The molecule has 9 rings (SSSR count). The van der Waals surface area contributed by atoms with Gasteiger partial charge in [-0.2, -0.15) is 0 Å². The zero-order valence-electron chi connectivity index (χ0n) is 40.2. The third kappa shape index (κ3) is 6.72. The van der Waals surface area contributed by atoms with Gasteiger partial charge in [-0.3, -0.25) is 0 Å². The Morgan fingerprint density at radius 1 is 0.541 bits per heavy atom. The lowest BCUT2D eigenvalue weighted by molar-refractivity contribution is 0.332. The van der Waals surface area contributed by atoms with Crippen molar-refractivity contribution in [1.82, 2.24) is 0 Å². The Balaban J connectivity index is 1.42. The molecule has 1 aliphatic carbocycles. The quantitative estimate of drug-likeness (QED) is 0.163. The van der Waals surface area contributed by atoms with Crippen molar-refractivity contribution in [3.8, 4) is 0 Å². The summed E-state index contributed by atoms with van der Waals surface area (Å²) in [5.74, 6) is 0. The molecule has 316 valence electrons. The number of fused-ring (bicyclic) bond motifs is 7.